The first-order valence-corrected chi connectivity index (χ1v) is 13.0. The Morgan fingerprint density at radius 3 is 2.46 bits per heavy atom. The van der Waals surface area contributed by atoms with Crippen molar-refractivity contribution >= 4 is 5.82 Å². The van der Waals surface area contributed by atoms with Crippen molar-refractivity contribution in [3.8, 4) is 34.6 Å². The van der Waals surface area contributed by atoms with Crippen molar-refractivity contribution in [2.24, 2.45) is 0 Å². The largest absolute Gasteiger partial charge is 0.488 e. The van der Waals surface area contributed by atoms with Crippen molar-refractivity contribution in [2.45, 2.75) is 26.4 Å². The molecule has 0 bridgehead atoms. The number of hydrogen-bond acceptors (Lipinski definition) is 9. The Morgan fingerprint density at radius 1 is 0.974 bits per heavy atom. The summed E-state index contributed by atoms with van der Waals surface area (Å²) < 4.78 is 24.4. The fourth-order valence-electron chi connectivity index (χ4n) is 4.48. The van der Waals surface area contributed by atoms with Crippen LogP contribution in [-0.2, 0) is 16.1 Å². The average Bonchev–Trinajstić information content (AvgIpc) is 3.36. The maximum Gasteiger partial charge on any atom is 0.319 e. The lowest BCUT2D eigenvalue weighted by Crippen LogP contribution is -2.36. The molecular formula is C29H33N5O5. The monoisotopic (exact) mass is 531 g/mol. The molecule has 0 aliphatic carbocycles. The molecule has 3 heterocycles. The number of pyridine rings is 1. The highest BCUT2D eigenvalue weighted by atomic mass is 16.7. The normalized spacial score (nSPS) is 13.6. The van der Waals surface area contributed by atoms with Gasteiger partial charge in [-0.3, -0.25) is 0 Å². The molecule has 0 radical (unpaired) electrons. The quantitative estimate of drug-likeness (QED) is 0.295. The van der Waals surface area contributed by atoms with Gasteiger partial charge in [0.25, 0.3) is 0 Å². The third kappa shape index (κ3) is 5.97. The first-order chi connectivity index (χ1) is 19.0. The molecule has 1 fully saturated rings. The van der Waals surface area contributed by atoms with Crippen molar-refractivity contribution in [3.05, 3.63) is 71.9 Å². The zero-order chi connectivity index (χ0) is 27.2. The maximum absolute atomic E-state index is 10.8. The molecule has 4 aromatic rings. The summed E-state index contributed by atoms with van der Waals surface area (Å²) in [7, 11) is 1.58. The Morgan fingerprint density at radius 2 is 1.77 bits per heavy atom. The summed E-state index contributed by atoms with van der Waals surface area (Å²) in [5, 5.41) is 19.1. The molecule has 1 saturated heterocycles. The lowest BCUT2D eigenvalue weighted by Gasteiger charge is -2.27. The molecule has 0 amide bonds. The van der Waals surface area contributed by atoms with Gasteiger partial charge in [-0.25, -0.2) is 9.55 Å². The van der Waals surface area contributed by atoms with Gasteiger partial charge in [0.2, 0.25) is 0 Å². The predicted molar refractivity (Wildman–Crippen MR) is 147 cm³/mol. The van der Waals surface area contributed by atoms with E-state index in [2.05, 4.69) is 33.9 Å². The van der Waals surface area contributed by atoms with Crippen LogP contribution in [0.5, 0.6) is 17.5 Å². The second-order valence-corrected chi connectivity index (χ2v) is 9.50. The Balaban J connectivity index is 1.56. The molecule has 1 aliphatic rings. The van der Waals surface area contributed by atoms with Gasteiger partial charge in [0, 0.05) is 26.3 Å². The molecule has 10 nitrogen and oxygen atoms in total. The number of hydrogen-bond donors (Lipinski definition) is 1. The van der Waals surface area contributed by atoms with E-state index in [1.54, 1.807) is 17.9 Å². The van der Waals surface area contributed by atoms with Crippen LogP contribution < -0.4 is 14.4 Å². The smallest absolute Gasteiger partial charge is 0.319 e. The number of nitrogens with zero attached hydrogens (tertiary/aromatic N) is 5. The molecule has 0 unspecified atom stereocenters. The second kappa shape index (κ2) is 12.1. The predicted octanol–water partition coefficient (Wildman–Crippen LogP) is 4.56. The average molecular weight is 532 g/mol. The molecule has 5 rings (SSSR count). The minimum atomic E-state index is -0.245. The first-order valence-electron chi connectivity index (χ1n) is 13.0. The van der Waals surface area contributed by atoms with Crippen LogP contribution >= 0.6 is 0 Å². The molecule has 0 spiro atoms. The van der Waals surface area contributed by atoms with Gasteiger partial charge in [-0.1, -0.05) is 49.3 Å². The lowest BCUT2D eigenvalue weighted by atomic mass is 9.98. The van der Waals surface area contributed by atoms with Crippen LogP contribution in [0.25, 0.3) is 17.1 Å². The summed E-state index contributed by atoms with van der Waals surface area (Å²) in [5.74, 6) is 2.62. The van der Waals surface area contributed by atoms with Crippen molar-refractivity contribution in [2.75, 3.05) is 45.1 Å². The standard InChI is InChI=1S/C29H33N5O5/c1-20(2)23-15-24(26(16-25(23)39-19-36-3)38-18-21-7-5-4-6-8-21)28-31-32-29(35)34(28)22-9-10-27(30-17-22)33-11-13-37-14-12-33/h4-10,15-17,20H,11-14,18-19H2,1-3H3,(H,32,35). The van der Waals surface area contributed by atoms with Gasteiger partial charge in [0.15, 0.2) is 12.6 Å². The summed E-state index contributed by atoms with van der Waals surface area (Å²) in [4.78, 5) is 6.81. The van der Waals surface area contributed by atoms with Gasteiger partial charge in [-0.05, 0) is 35.2 Å². The minimum absolute atomic E-state index is 0.106. The Labute approximate surface area is 227 Å². The van der Waals surface area contributed by atoms with Crippen molar-refractivity contribution in [1.29, 1.82) is 0 Å². The van der Waals surface area contributed by atoms with Crippen LogP contribution in [0.2, 0.25) is 0 Å². The first kappa shape index (κ1) is 26.5. The number of morpholine rings is 1. The summed E-state index contributed by atoms with van der Waals surface area (Å²) in [6.45, 7) is 7.53. The van der Waals surface area contributed by atoms with Gasteiger partial charge in [0.1, 0.15) is 23.9 Å². The highest BCUT2D eigenvalue weighted by molar-refractivity contribution is 5.70. The molecule has 0 atom stereocenters. The summed E-state index contributed by atoms with van der Waals surface area (Å²) in [6, 6.07) is 17.3. The highest BCUT2D eigenvalue weighted by Gasteiger charge is 2.23. The van der Waals surface area contributed by atoms with Gasteiger partial charge in [-0.15, -0.1) is 5.10 Å². The summed E-state index contributed by atoms with van der Waals surface area (Å²) in [5.41, 5.74) is 3.26. The molecule has 39 heavy (non-hydrogen) atoms. The van der Waals surface area contributed by atoms with Gasteiger partial charge in [-0.2, -0.15) is 0 Å². The van der Waals surface area contributed by atoms with E-state index in [0.717, 1.165) is 30.0 Å². The highest BCUT2D eigenvalue weighted by Crippen LogP contribution is 2.40. The van der Waals surface area contributed by atoms with Crippen molar-refractivity contribution in [3.63, 3.8) is 0 Å². The Kier molecular flexibility index (Phi) is 8.24. The number of aromatic nitrogens is 4. The molecular weight excluding hydrogens is 498 g/mol. The van der Waals surface area contributed by atoms with Crippen LogP contribution in [0.3, 0.4) is 0 Å². The zero-order valence-electron chi connectivity index (χ0n) is 22.4. The van der Waals surface area contributed by atoms with E-state index in [4.69, 9.17) is 18.9 Å². The molecule has 0 saturated carbocycles. The third-order valence-corrected chi connectivity index (χ3v) is 6.52. The molecule has 10 heteroatoms. The number of anilines is 1. The third-order valence-electron chi connectivity index (χ3n) is 6.52. The lowest BCUT2D eigenvalue weighted by molar-refractivity contribution is 0.0501. The number of rotatable bonds is 10. The molecule has 2 aromatic carbocycles. The molecule has 1 N–H and O–H groups in total. The van der Waals surface area contributed by atoms with E-state index >= 15 is 0 Å². The van der Waals surface area contributed by atoms with Crippen LogP contribution in [0.4, 0.5) is 5.82 Å². The second-order valence-electron chi connectivity index (χ2n) is 9.50. The van der Waals surface area contributed by atoms with Crippen molar-refractivity contribution < 1.29 is 24.1 Å². The topological polar surface area (TPSA) is 104 Å². The SMILES string of the molecule is COCOc1cc(OCc2ccccc2)c(-c2nnc(O)n2-c2ccc(N3CCOCC3)nc2)cc1C(C)C. The van der Waals surface area contributed by atoms with E-state index in [0.29, 0.717) is 48.4 Å². The fraction of sp³-hybridized carbons (Fsp3) is 0.345. The number of aromatic hydroxyl groups is 1. The molecule has 1 aliphatic heterocycles. The molecule has 204 valence electrons. The van der Waals surface area contributed by atoms with Gasteiger partial charge in [0.05, 0.1) is 30.7 Å². The summed E-state index contributed by atoms with van der Waals surface area (Å²) >= 11 is 0. The van der Waals surface area contributed by atoms with Crippen LogP contribution in [0.1, 0.15) is 30.9 Å². The van der Waals surface area contributed by atoms with E-state index in [1.165, 1.54) is 0 Å². The van der Waals surface area contributed by atoms with Crippen molar-refractivity contribution in [1.82, 2.24) is 19.7 Å². The van der Waals surface area contributed by atoms with E-state index in [1.807, 2.05) is 54.6 Å². The zero-order valence-corrected chi connectivity index (χ0v) is 22.4. The van der Waals surface area contributed by atoms with Crippen LogP contribution in [0, 0.1) is 0 Å². The number of ether oxygens (including phenoxy) is 4. The summed E-state index contributed by atoms with van der Waals surface area (Å²) in [6.07, 6.45) is 1.71. The minimum Gasteiger partial charge on any atom is -0.488 e. The van der Waals surface area contributed by atoms with Gasteiger partial charge < -0.3 is 29.0 Å². The Hall–Kier alpha value is -4.15. The van der Waals surface area contributed by atoms with E-state index < -0.39 is 0 Å². The number of benzene rings is 2. The number of methoxy groups -OCH3 is 1. The van der Waals surface area contributed by atoms with Crippen LogP contribution in [0.15, 0.2) is 60.8 Å². The van der Waals surface area contributed by atoms with Crippen LogP contribution in [-0.4, -0.2) is 65.1 Å². The van der Waals surface area contributed by atoms with E-state index in [-0.39, 0.29) is 18.7 Å². The Bertz CT molecular complexity index is 1370. The van der Waals surface area contributed by atoms with Gasteiger partial charge >= 0.3 is 6.01 Å². The van der Waals surface area contributed by atoms with E-state index in [9.17, 15) is 5.11 Å². The molecule has 2 aromatic heterocycles. The maximum atomic E-state index is 10.8. The fourth-order valence-corrected chi connectivity index (χ4v) is 4.48.